The molecule has 1 aliphatic rings. The van der Waals surface area contributed by atoms with E-state index in [1.165, 1.54) is 0 Å². The number of hydrogen-bond acceptors (Lipinski definition) is 5. The van der Waals surface area contributed by atoms with E-state index in [1.54, 1.807) is 24.3 Å². The van der Waals surface area contributed by atoms with Gasteiger partial charge in [-0.1, -0.05) is 30.3 Å². The molecule has 7 nitrogen and oxygen atoms in total. The topological polar surface area (TPSA) is 107 Å². The van der Waals surface area contributed by atoms with Gasteiger partial charge in [0.1, 0.15) is 12.6 Å². The van der Waals surface area contributed by atoms with Crippen LogP contribution in [0.15, 0.2) is 30.3 Å². The van der Waals surface area contributed by atoms with Crippen molar-refractivity contribution in [3.05, 3.63) is 35.9 Å². The highest BCUT2D eigenvalue weighted by Crippen LogP contribution is 2.26. The molecule has 1 amide bonds. The fourth-order valence-electron chi connectivity index (χ4n) is 2.40. The molecule has 0 saturated carbocycles. The third-order valence-corrected chi connectivity index (χ3v) is 3.49. The number of likely N-dealkylation sites (tertiary alicyclic amines) is 1. The average Bonchev–Trinajstić information content (AvgIpc) is 2.82. The van der Waals surface area contributed by atoms with Gasteiger partial charge >= 0.3 is 12.1 Å². The van der Waals surface area contributed by atoms with Gasteiger partial charge in [-0.25, -0.2) is 9.59 Å². The Bertz CT molecular complexity index is 505. The van der Waals surface area contributed by atoms with E-state index in [1.807, 2.05) is 6.07 Å². The molecule has 114 valence electrons. The van der Waals surface area contributed by atoms with Crippen molar-refractivity contribution in [3.8, 4) is 0 Å². The van der Waals surface area contributed by atoms with Crippen LogP contribution in [0, 0.1) is 0 Å². The molecular weight excluding hydrogens is 278 g/mol. The van der Waals surface area contributed by atoms with Crippen molar-refractivity contribution in [3.63, 3.8) is 0 Å². The second-order valence-corrected chi connectivity index (χ2v) is 4.85. The number of carboxylic acid groups (broad SMARTS) is 1. The summed E-state index contributed by atoms with van der Waals surface area (Å²) in [6.45, 7) is -0.526. The van der Waals surface area contributed by atoms with Crippen LogP contribution in [0.1, 0.15) is 12.0 Å². The van der Waals surface area contributed by atoms with E-state index in [0.29, 0.717) is 0 Å². The molecule has 0 bridgehead atoms. The van der Waals surface area contributed by atoms with Gasteiger partial charge in [0.05, 0.1) is 18.8 Å². The zero-order valence-corrected chi connectivity index (χ0v) is 11.3. The number of amides is 1. The van der Waals surface area contributed by atoms with Crippen molar-refractivity contribution in [1.82, 2.24) is 4.90 Å². The summed E-state index contributed by atoms with van der Waals surface area (Å²) >= 11 is 0. The maximum atomic E-state index is 12.1. The van der Waals surface area contributed by atoms with Gasteiger partial charge < -0.3 is 20.1 Å². The van der Waals surface area contributed by atoms with E-state index in [9.17, 15) is 19.8 Å². The molecule has 0 aliphatic carbocycles. The molecule has 1 fully saturated rings. The molecule has 1 aliphatic heterocycles. The van der Waals surface area contributed by atoms with Crippen molar-refractivity contribution in [2.45, 2.75) is 31.2 Å². The van der Waals surface area contributed by atoms with E-state index in [-0.39, 0.29) is 13.0 Å². The standard InChI is InChI=1S/C14H17NO6/c16-7-11-12(17)6-10(13(18)19)15(11)14(20)21-8-9-4-2-1-3-5-9/h1-5,10-12,16-17H,6-8H2,(H,18,19)/t10-,11+,12+/m1/s1. The van der Waals surface area contributed by atoms with Crippen LogP contribution in [0.25, 0.3) is 0 Å². The molecule has 0 unspecified atom stereocenters. The summed E-state index contributed by atoms with van der Waals surface area (Å²) in [5.74, 6) is -1.23. The van der Waals surface area contributed by atoms with Crippen molar-refractivity contribution in [2.75, 3.05) is 6.61 Å². The Kier molecular flexibility index (Phi) is 4.77. The fraction of sp³-hybridized carbons (Fsp3) is 0.429. The first-order chi connectivity index (χ1) is 10.0. The van der Waals surface area contributed by atoms with Crippen molar-refractivity contribution < 1.29 is 29.6 Å². The number of carbonyl (C=O) groups is 2. The van der Waals surface area contributed by atoms with Crippen molar-refractivity contribution >= 4 is 12.1 Å². The fourth-order valence-corrected chi connectivity index (χ4v) is 2.40. The number of ether oxygens (including phenoxy) is 1. The molecule has 1 heterocycles. The summed E-state index contributed by atoms with van der Waals surface area (Å²) in [6.07, 6.45) is -2.07. The Hall–Kier alpha value is -2.12. The highest BCUT2D eigenvalue weighted by molar-refractivity contribution is 5.81. The number of hydrogen-bond donors (Lipinski definition) is 3. The second kappa shape index (κ2) is 6.55. The molecule has 1 aromatic carbocycles. The minimum absolute atomic E-state index is 0.00322. The van der Waals surface area contributed by atoms with Gasteiger partial charge in [-0.15, -0.1) is 0 Å². The van der Waals surface area contributed by atoms with E-state index in [0.717, 1.165) is 10.5 Å². The number of rotatable bonds is 4. The van der Waals surface area contributed by atoms with Crippen molar-refractivity contribution in [1.29, 1.82) is 0 Å². The van der Waals surface area contributed by atoms with Gasteiger partial charge in [0.2, 0.25) is 0 Å². The quantitative estimate of drug-likeness (QED) is 0.732. The molecule has 0 aromatic heterocycles. The molecule has 7 heteroatoms. The minimum Gasteiger partial charge on any atom is -0.480 e. The van der Waals surface area contributed by atoms with Crippen LogP contribution in [0.3, 0.4) is 0 Å². The maximum absolute atomic E-state index is 12.1. The van der Waals surface area contributed by atoms with Gasteiger partial charge in [-0.3, -0.25) is 4.90 Å². The van der Waals surface area contributed by atoms with E-state index in [4.69, 9.17) is 9.84 Å². The number of aliphatic hydroxyl groups is 2. The molecule has 1 aromatic rings. The predicted molar refractivity (Wildman–Crippen MR) is 71.4 cm³/mol. The monoisotopic (exact) mass is 295 g/mol. The van der Waals surface area contributed by atoms with Gasteiger partial charge in [0, 0.05) is 6.42 Å². The summed E-state index contributed by atoms with van der Waals surface area (Å²) < 4.78 is 5.07. The zero-order chi connectivity index (χ0) is 15.4. The lowest BCUT2D eigenvalue weighted by molar-refractivity contribution is -0.142. The van der Waals surface area contributed by atoms with Crippen LogP contribution in [0.2, 0.25) is 0 Å². The molecule has 3 N–H and O–H groups in total. The van der Waals surface area contributed by atoms with Crippen LogP contribution in [-0.4, -0.2) is 57.1 Å². The largest absolute Gasteiger partial charge is 0.480 e. The Labute approximate surface area is 121 Å². The molecule has 1 saturated heterocycles. The van der Waals surface area contributed by atoms with Crippen molar-refractivity contribution in [2.24, 2.45) is 0 Å². The summed E-state index contributed by atoms with van der Waals surface area (Å²) in [7, 11) is 0. The molecule has 0 spiro atoms. The molecule has 21 heavy (non-hydrogen) atoms. The van der Waals surface area contributed by atoms with Gasteiger partial charge in [-0.05, 0) is 5.56 Å². The zero-order valence-electron chi connectivity index (χ0n) is 11.3. The summed E-state index contributed by atoms with van der Waals surface area (Å²) in [5, 5.41) is 28.1. The van der Waals surface area contributed by atoms with Gasteiger partial charge in [0.15, 0.2) is 0 Å². The van der Waals surface area contributed by atoms with Crippen LogP contribution < -0.4 is 0 Å². The van der Waals surface area contributed by atoms with E-state index >= 15 is 0 Å². The summed E-state index contributed by atoms with van der Waals surface area (Å²) in [5.41, 5.74) is 0.762. The lowest BCUT2D eigenvalue weighted by atomic mass is 10.1. The number of carbonyl (C=O) groups excluding carboxylic acids is 1. The third-order valence-electron chi connectivity index (χ3n) is 3.49. The minimum atomic E-state index is -1.23. The van der Waals surface area contributed by atoms with Crippen LogP contribution in [0.5, 0.6) is 0 Å². The Balaban J connectivity index is 2.06. The maximum Gasteiger partial charge on any atom is 0.411 e. The summed E-state index contributed by atoms with van der Waals surface area (Å²) in [4.78, 5) is 24.1. The molecular formula is C14H17NO6. The number of carboxylic acids is 1. The lowest BCUT2D eigenvalue weighted by Crippen LogP contribution is -2.48. The number of benzene rings is 1. The lowest BCUT2D eigenvalue weighted by Gasteiger charge is -2.26. The van der Waals surface area contributed by atoms with Gasteiger partial charge in [0.25, 0.3) is 0 Å². The van der Waals surface area contributed by atoms with Crippen LogP contribution >= 0.6 is 0 Å². The SMILES string of the molecule is O=C(O)[C@H]1C[C@H](O)[C@H](CO)N1C(=O)OCc1ccccc1. The number of aliphatic carboxylic acids is 1. The van der Waals surface area contributed by atoms with Crippen LogP contribution in [0.4, 0.5) is 4.79 Å². The van der Waals surface area contributed by atoms with Gasteiger partial charge in [-0.2, -0.15) is 0 Å². The molecule has 0 radical (unpaired) electrons. The highest BCUT2D eigenvalue weighted by atomic mass is 16.6. The first-order valence-corrected chi connectivity index (χ1v) is 6.55. The normalized spacial score (nSPS) is 24.9. The first-order valence-electron chi connectivity index (χ1n) is 6.55. The predicted octanol–water partition coefficient (Wildman–Crippen LogP) is 0.204. The smallest absolute Gasteiger partial charge is 0.411 e. The second-order valence-electron chi connectivity index (χ2n) is 4.85. The average molecular weight is 295 g/mol. The Morgan fingerprint density at radius 2 is 1.95 bits per heavy atom. The summed E-state index contributed by atoms with van der Waals surface area (Å²) in [6, 6.07) is 6.78. The number of aliphatic hydroxyl groups excluding tert-OH is 2. The number of nitrogens with zero attached hydrogens (tertiary/aromatic N) is 1. The third kappa shape index (κ3) is 3.32. The molecule has 2 rings (SSSR count). The Morgan fingerprint density at radius 3 is 2.52 bits per heavy atom. The first kappa shape index (κ1) is 15.3. The van der Waals surface area contributed by atoms with E-state index < -0.39 is 36.9 Å². The highest BCUT2D eigenvalue weighted by Gasteiger charge is 2.47. The van der Waals surface area contributed by atoms with E-state index in [2.05, 4.69) is 0 Å². The molecule has 3 atom stereocenters. The van der Waals surface area contributed by atoms with Crippen LogP contribution in [-0.2, 0) is 16.1 Å². The Morgan fingerprint density at radius 1 is 1.29 bits per heavy atom.